The number of anilines is 1. The van der Waals surface area contributed by atoms with Crippen molar-refractivity contribution < 1.29 is 4.39 Å². The molecule has 0 unspecified atom stereocenters. The topological polar surface area (TPSA) is 26.0 Å². The number of benzene rings is 1. The SMILES string of the molecule is CCc1cccc2c(F)c(N)sc12. The van der Waals surface area contributed by atoms with E-state index in [0.717, 1.165) is 16.7 Å². The minimum Gasteiger partial charge on any atom is -0.388 e. The maximum Gasteiger partial charge on any atom is 0.165 e. The van der Waals surface area contributed by atoms with Crippen LogP contribution in [0.3, 0.4) is 0 Å². The average molecular weight is 195 g/mol. The molecule has 1 nitrogen and oxygen atoms in total. The number of hydrogen-bond acceptors (Lipinski definition) is 2. The molecular weight excluding hydrogens is 185 g/mol. The number of nitrogens with two attached hydrogens (primary N) is 1. The highest BCUT2D eigenvalue weighted by molar-refractivity contribution is 7.22. The van der Waals surface area contributed by atoms with Crippen LogP contribution in [0.5, 0.6) is 0 Å². The van der Waals surface area contributed by atoms with E-state index in [-0.39, 0.29) is 10.8 Å². The second-order valence-electron chi connectivity index (χ2n) is 2.93. The van der Waals surface area contributed by atoms with Crippen LogP contribution in [0.2, 0.25) is 0 Å². The molecule has 0 saturated carbocycles. The minimum absolute atomic E-state index is 0.268. The van der Waals surface area contributed by atoms with Crippen molar-refractivity contribution in [2.24, 2.45) is 0 Å². The fourth-order valence-corrected chi connectivity index (χ4v) is 2.47. The Balaban J connectivity index is 2.84. The quantitative estimate of drug-likeness (QED) is 0.743. The Morgan fingerprint density at radius 3 is 2.92 bits per heavy atom. The minimum atomic E-state index is -0.268. The Morgan fingerprint density at radius 2 is 2.23 bits per heavy atom. The first-order valence-electron chi connectivity index (χ1n) is 4.19. The average Bonchev–Trinajstić information content (AvgIpc) is 2.43. The number of hydrogen-bond donors (Lipinski definition) is 1. The van der Waals surface area contributed by atoms with E-state index in [9.17, 15) is 4.39 Å². The van der Waals surface area contributed by atoms with Crippen LogP contribution in [0.1, 0.15) is 12.5 Å². The highest BCUT2D eigenvalue weighted by Gasteiger charge is 2.10. The Bertz CT molecular complexity index is 447. The van der Waals surface area contributed by atoms with Crippen molar-refractivity contribution in [3.8, 4) is 0 Å². The van der Waals surface area contributed by atoms with Crippen molar-refractivity contribution in [3.63, 3.8) is 0 Å². The zero-order chi connectivity index (χ0) is 9.42. The Kier molecular flexibility index (Phi) is 1.96. The summed E-state index contributed by atoms with van der Waals surface area (Å²) in [5.41, 5.74) is 6.68. The number of aryl methyl sites for hydroxylation is 1. The summed E-state index contributed by atoms with van der Waals surface area (Å²) < 4.78 is 14.3. The Labute approximate surface area is 80.0 Å². The normalized spacial score (nSPS) is 10.9. The predicted molar refractivity (Wildman–Crippen MR) is 55.6 cm³/mol. The van der Waals surface area contributed by atoms with Gasteiger partial charge in [-0.3, -0.25) is 0 Å². The third-order valence-corrected chi connectivity index (χ3v) is 3.23. The van der Waals surface area contributed by atoms with Crippen LogP contribution in [0, 0.1) is 5.82 Å². The molecule has 1 heterocycles. The molecule has 2 rings (SSSR count). The van der Waals surface area contributed by atoms with Gasteiger partial charge in [0.2, 0.25) is 0 Å². The van der Waals surface area contributed by atoms with Crippen molar-refractivity contribution >= 4 is 26.4 Å². The molecule has 1 aromatic heterocycles. The molecule has 1 aromatic carbocycles. The molecule has 0 aliphatic heterocycles. The molecule has 0 spiro atoms. The second kappa shape index (κ2) is 3.00. The molecule has 2 N–H and O–H groups in total. The lowest BCUT2D eigenvalue weighted by Crippen LogP contribution is -1.81. The summed E-state index contributed by atoms with van der Waals surface area (Å²) in [6, 6.07) is 5.66. The van der Waals surface area contributed by atoms with E-state index in [1.807, 2.05) is 12.1 Å². The van der Waals surface area contributed by atoms with Gasteiger partial charge in [-0.2, -0.15) is 0 Å². The van der Waals surface area contributed by atoms with Gasteiger partial charge in [0.1, 0.15) is 5.00 Å². The van der Waals surface area contributed by atoms with Gasteiger partial charge in [-0.1, -0.05) is 25.1 Å². The summed E-state index contributed by atoms with van der Waals surface area (Å²) in [4.78, 5) is 0. The van der Waals surface area contributed by atoms with E-state index in [4.69, 9.17) is 5.73 Å². The standard InChI is InChI=1S/C10H10FNS/c1-2-6-4-3-5-7-8(11)10(12)13-9(6)7/h3-5H,2,12H2,1H3. The number of thiophene rings is 1. The first-order chi connectivity index (χ1) is 6.24. The van der Waals surface area contributed by atoms with Crippen LogP contribution in [0.25, 0.3) is 10.1 Å². The van der Waals surface area contributed by atoms with Crippen LogP contribution >= 0.6 is 11.3 Å². The molecule has 0 saturated heterocycles. The lowest BCUT2D eigenvalue weighted by molar-refractivity contribution is 0.648. The maximum absolute atomic E-state index is 13.4. The molecule has 68 valence electrons. The zero-order valence-electron chi connectivity index (χ0n) is 7.30. The first-order valence-corrected chi connectivity index (χ1v) is 5.01. The largest absolute Gasteiger partial charge is 0.388 e. The van der Waals surface area contributed by atoms with E-state index >= 15 is 0 Å². The van der Waals surface area contributed by atoms with E-state index in [1.54, 1.807) is 6.07 Å². The van der Waals surface area contributed by atoms with E-state index in [0.29, 0.717) is 5.39 Å². The molecule has 13 heavy (non-hydrogen) atoms. The van der Waals surface area contributed by atoms with Gasteiger partial charge in [0.15, 0.2) is 5.82 Å². The predicted octanol–water partition coefficient (Wildman–Crippen LogP) is 3.19. The zero-order valence-corrected chi connectivity index (χ0v) is 8.12. The van der Waals surface area contributed by atoms with E-state index in [2.05, 4.69) is 6.92 Å². The summed E-state index contributed by atoms with van der Waals surface area (Å²) in [7, 11) is 0. The highest BCUT2D eigenvalue weighted by Crippen LogP contribution is 2.34. The van der Waals surface area contributed by atoms with Crippen molar-refractivity contribution in [2.45, 2.75) is 13.3 Å². The van der Waals surface area contributed by atoms with Crippen LogP contribution in [-0.2, 0) is 6.42 Å². The van der Waals surface area contributed by atoms with Crippen molar-refractivity contribution in [3.05, 3.63) is 29.6 Å². The fraction of sp³-hybridized carbons (Fsp3) is 0.200. The van der Waals surface area contributed by atoms with Crippen LogP contribution < -0.4 is 5.73 Å². The first kappa shape index (κ1) is 8.51. The van der Waals surface area contributed by atoms with Gasteiger partial charge in [-0.05, 0) is 12.0 Å². The molecule has 0 aliphatic carbocycles. The maximum atomic E-state index is 13.4. The summed E-state index contributed by atoms with van der Waals surface area (Å²) in [6.07, 6.45) is 0.913. The van der Waals surface area contributed by atoms with Crippen LogP contribution in [0.15, 0.2) is 18.2 Å². The van der Waals surface area contributed by atoms with Crippen LogP contribution in [0.4, 0.5) is 9.39 Å². The van der Waals surface area contributed by atoms with Gasteiger partial charge >= 0.3 is 0 Å². The molecule has 0 aliphatic rings. The van der Waals surface area contributed by atoms with Gasteiger partial charge < -0.3 is 5.73 Å². The lowest BCUT2D eigenvalue weighted by atomic mass is 10.1. The molecule has 0 bridgehead atoms. The monoisotopic (exact) mass is 195 g/mol. The van der Waals surface area contributed by atoms with Gasteiger partial charge in [0.05, 0.1) is 0 Å². The van der Waals surface area contributed by atoms with Crippen LogP contribution in [-0.4, -0.2) is 0 Å². The summed E-state index contributed by atoms with van der Waals surface area (Å²) in [5.74, 6) is -0.268. The van der Waals surface area contributed by atoms with Gasteiger partial charge in [0.25, 0.3) is 0 Å². The fourth-order valence-electron chi connectivity index (χ4n) is 1.44. The third kappa shape index (κ3) is 1.20. The number of fused-ring (bicyclic) bond motifs is 1. The van der Waals surface area contributed by atoms with Crippen molar-refractivity contribution in [1.82, 2.24) is 0 Å². The molecule has 0 radical (unpaired) electrons. The highest BCUT2D eigenvalue weighted by atomic mass is 32.1. The van der Waals surface area contributed by atoms with Gasteiger partial charge in [-0.25, -0.2) is 4.39 Å². The summed E-state index contributed by atoms with van der Waals surface area (Å²) in [5, 5.41) is 0.942. The second-order valence-corrected chi connectivity index (χ2v) is 3.98. The van der Waals surface area contributed by atoms with E-state index in [1.165, 1.54) is 11.3 Å². The number of rotatable bonds is 1. The molecule has 2 aromatic rings. The number of halogens is 1. The van der Waals surface area contributed by atoms with Crippen molar-refractivity contribution in [2.75, 3.05) is 5.73 Å². The number of nitrogen functional groups attached to an aromatic ring is 1. The smallest absolute Gasteiger partial charge is 0.165 e. The molecule has 3 heteroatoms. The lowest BCUT2D eigenvalue weighted by Gasteiger charge is -1.96. The summed E-state index contributed by atoms with van der Waals surface area (Å²) in [6.45, 7) is 2.06. The van der Waals surface area contributed by atoms with E-state index < -0.39 is 0 Å². The van der Waals surface area contributed by atoms with Crippen molar-refractivity contribution in [1.29, 1.82) is 0 Å². The Morgan fingerprint density at radius 1 is 1.46 bits per heavy atom. The van der Waals surface area contributed by atoms with Gasteiger partial charge in [0, 0.05) is 10.1 Å². The van der Waals surface area contributed by atoms with Gasteiger partial charge in [-0.15, -0.1) is 11.3 Å². The molecule has 0 amide bonds. The summed E-state index contributed by atoms with van der Waals surface area (Å²) >= 11 is 1.33. The molecular formula is C10H10FNS. The Hall–Kier alpha value is -1.09. The molecule has 0 fully saturated rings. The third-order valence-electron chi connectivity index (χ3n) is 2.14. The molecule has 0 atom stereocenters.